The monoisotopic (exact) mass is 322 g/mol. The number of nitrogens with zero attached hydrogens (tertiary/aromatic N) is 1. The fraction of sp³-hybridized carbons (Fsp3) is 0. The number of aromatic amines is 1. The number of aromatic nitrogens is 1. The molecule has 1 heterocycles. The van der Waals surface area contributed by atoms with Crippen molar-refractivity contribution in [1.82, 2.24) is 4.98 Å². The number of fused-ring (bicyclic) bond motifs is 1. The number of halogens is 1. The molecule has 0 fully saturated rings. The molecule has 2 N–H and O–H groups in total. The molecule has 3 rings (SSSR count). The second kappa shape index (κ2) is 5.99. The number of hydrogen-bond donors (Lipinski definition) is 2. The van der Waals surface area contributed by atoms with Gasteiger partial charge in [-0.1, -0.05) is 35.9 Å². The van der Waals surface area contributed by atoms with Crippen LogP contribution in [0.4, 0.5) is 0 Å². The first kappa shape index (κ1) is 14.9. The lowest BCUT2D eigenvalue weighted by molar-refractivity contribution is 0.104. The van der Waals surface area contributed by atoms with Gasteiger partial charge in [-0.25, -0.2) is 0 Å². The van der Waals surface area contributed by atoms with Crippen molar-refractivity contribution in [2.45, 2.75) is 0 Å². The van der Waals surface area contributed by atoms with Crippen LogP contribution >= 0.6 is 11.6 Å². The summed E-state index contributed by atoms with van der Waals surface area (Å²) in [5.41, 5.74) is 1.84. The van der Waals surface area contributed by atoms with Gasteiger partial charge in [0.05, 0.1) is 5.02 Å². The van der Waals surface area contributed by atoms with Crippen molar-refractivity contribution < 1.29 is 9.90 Å². The molecule has 0 unspecified atom stereocenters. The summed E-state index contributed by atoms with van der Waals surface area (Å²) in [5.74, 6) is -0.417. The van der Waals surface area contributed by atoms with E-state index in [0.29, 0.717) is 11.1 Å². The minimum atomic E-state index is -0.367. The standard InChI is InChI=1S/C18H11ClN2O2/c19-15-8-11(5-6-17(15)22)7-12(9-20)18(23)14-10-21-16-4-2-1-3-13(14)16/h1-8,10,21-22H. The lowest BCUT2D eigenvalue weighted by atomic mass is 10.0. The fourth-order valence-electron chi connectivity index (χ4n) is 2.33. The first-order chi connectivity index (χ1) is 11.1. The Morgan fingerprint density at radius 2 is 2.04 bits per heavy atom. The number of carbonyl (C=O) groups excluding carboxylic acids is 1. The quantitative estimate of drug-likeness (QED) is 0.428. The van der Waals surface area contributed by atoms with Gasteiger partial charge in [-0.2, -0.15) is 5.26 Å². The molecule has 2 aromatic carbocycles. The molecule has 0 spiro atoms. The highest BCUT2D eigenvalue weighted by Gasteiger charge is 2.16. The maximum Gasteiger partial charge on any atom is 0.205 e. The molecule has 0 aliphatic heterocycles. The Morgan fingerprint density at radius 1 is 1.26 bits per heavy atom. The molecule has 3 aromatic rings. The van der Waals surface area contributed by atoms with Crippen LogP contribution in [0.2, 0.25) is 5.02 Å². The van der Waals surface area contributed by atoms with Crippen molar-refractivity contribution in [3.63, 3.8) is 0 Å². The first-order valence-corrected chi connectivity index (χ1v) is 7.19. The Labute approximate surface area is 137 Å². The SMILES string of the molecule is N#CC(=Cc1ccc(O)c(Cl)c1)C(=O)c1c[nH]c2ccccc12. The van der Waals surface area contributed by atoms with Crippen LogP contribution in [0.5, 0.6) is 5.75 Å². The van der Waals surface area contributed by atoms with E-state index in [1.54, 1.807) is 12.3 Å². The normalized spacial score (nSPS) is 11.4. The summed E-state index contributed by atoms with van der Waals surface area (Å²) >= 11 is 5.85. The summed E-state index contributed by atoms with van der Waals surface area (Å²) in [6.45, 7) is 0. The zero-order valence-corrected chi connectivity index (χ0v) is 12.6. The van der Waals surface area contributed by atoms with Gasteiger partial charge in [-0.05, 0) is 29.8 Å². The average molecular weight is 323 g/mol. The largest absolute Gasteiger partial charge is 0.506 e. The van der Waals surface area contributed by atoms with Crippen LogP contribution in [0.25, 0.3) is 17.0 Å². The number of carbonyl (C=O) groups is 1. The predicted molar refractivity (Wildman–Crippen MR) is 89.3 cm³/mol. The third kappa shape index (κ3) is 2.83. The summed E-state index contributed by atoms with van der Waals surface area (Å²) in [4.78, 5) is 15.6. The van der Waals surface area contributed by atoms with Crippen molar-refractivity contribution in [1.29, 1.82) is 5.26 Å². The molecule has 23 heavy (non-hydrogen) atoms. The van der Waals surface area contributed by atoms with Gasteiger partial charge in [0.2, 0.25) is 5.78 Å². The minimum Gasteiger partial charge on any atom is -0.506 e. The Balaban J connectivity index is 2.03. The minimum absolute atomic E-state index is 0.00323. The molecule has 0 amide bonds. The van der Waals surface area contributed by atoms with Crippen LogP contribution in [0.15, 0.2) is 54.2 Å². The zero-order chi connectivity index (χ0) is 16.4. The molecule has 5 heteroatoms. The van der Waals surface area contributed by atoms with E-state index in [-0.39, 0.29) is 22.1 Å². The van der Waals surface area contributed by atoms with Crippen LogP contribution in [0.3, 0.4) is 0 Å². The van der Waals surface area contributed by atoms with Crippen molar-refractivity contribution >= 4 is 34.4 Å². The van der Waals surface area contributed by atoms with Gasteiger partial charge >= 0.3 is 0 Å². The van der Waals surface area contributed by atoms with Gasteiger partial charge in [0.15, 0.2) is 0 Å². The summed E-state index contributed by atoms with van der Waals surface area (Å²) in [6.07, 6.45) is 3.05. The highest BCUT2D eigenvalue weighted by atomic mass is 35.5. The third-order valence-corrected chi connectivity index (χ3v) is 3.78. The second-order valence-corrected chi connectivity index (χ2v) is 5.36. The van der Waals surface area contributed by atoms with Crippen molar-refractivity contribution in [2.24, 2.45) is 0 Å². The Hall–Kier alpha value is -3.03. The maximum absolute atomic E-state index is 12.6. The topological polar surface area (TPSA) is 76.9 Å². The van der Waals surface area contributed by atoms with Crippen molar-refractivity contribution in [3.05, 3.63) is 70.4 Å². The number of phenols is 1. The number of ketones is 1. The Kier molecular flexibility index (Phi) is 3.88. The third-order valence-electron chi connectivity index (χ3n) is 3.48. The number of nitriles is 1. The lowest BCUT2D eigenvalue weighted by Crippen LogP contribution is -2.01. The molecule has 0 saturated carbocycles. The van der Waals surface area contributed by atoms with Gasteiger partial charge in [-0.3, -0.25) is 4.79 Å². The molecule has 0 atom stereocenters. The van der Waals surface area contributed by atoms with Crippen molar-refractivity contribution in [2.75, 3.05) is 0 Å². The molecule has 0 aliphatic rings. The number of benzene rings is 2. The van der Waals surface area contributed by atoms with Crippen LogP contribution in [0.1, 0.15) is 15.9 Å². The zero-order valence-electron chi connectivity index (χ0n) is 11.9. The van der Waals surface area contributed by atoms with Crippen LogP contribution < -0.4 is 0 Å². The highest BCUT2D eigenvalue weighted by Crippen LogP contribution is 2.26. The van der Waals surface area contributed by atoms with Gasteiger partial charge in [-0.15, -0.1) is 0 Å². The Bertz CT molecular complexity index is 980. The maximum atomic E-state index is 12.6. The molecule has 0 aliphatic carbocycles. The number of para-hydroxylation sites is 1. The molecule has 0 saturated heterocycles. The highest BCUT2D eigenvalue weighted by molar-refractivity contribution is 6.32. The second-order valence-electron chi connectivity index (χ2n) is 4.96. The first-order valence-electron chi connectivity index (χ1n) is 6.81. The van der Waals surface area contributed by atoms with E-state index >= 15 is 0 Å². The predicted octanol–water partition coefficient (Wildman–Crippen LogP) is 4.32. The van der Waals surface area contributed by atoms with E-state index in [2.05, 4.69) is 4.98 Å². The molecule has 1 aromatic heterocycles. The summed E-state index contributed by atoms with van der Waals surface area (Å²) < 4.78 is 0. The summed E-state index contributed by atoms with van der Waals surface area (Å²) in [7, 11) is 0. The van der Waals surface area contributed by atoms with E-state index in [0.717, 1.165) is 10.9 Å². The van der Waals surface area contributed by atoms with Gasteiger partial charge in [0.1, 0.15) is 17.4 Å². The molecule has 112 valence electrons. The van der Waals surface area contributed by atoms with Gasteiger partial charge in [0, 0.05) is 22.7 Å². The number of hydrogen-bond acceptors (Lipinski definition) is 3. The fourth-order valence-corrected chi connectivity index (χ4v) is 2.52. The molecule has 4 nitrogen and oxygen atoms in total. The van der Waals surface area contributed by atoms with E-state index in [4.69, 9.17) is 11.6 Å². The van der Waals surface area contributed by atoms with E-state index in [1.165, 1.54) is 18.2 Å². The smallest absolute Gasteiger partial charge is 0.205 e. The van der Waals surface area contributed by atoms with E-state index in [1.807, 2.05) is 30.3 Å². The van der Waals surface area contributed by atoms with E-state index < -0.39 is 0 Å². The average Bonchev–Trinajstić information content (AvgIpc) is 2.99. The molecular weight excluding hydrogens is 312 g/mol. The molecule has 0 radical (unpaired) electrons. The number of allylic oxidation sites excluding steroid dienone is 1. The number of nitrogens with one attached hydrogen (secondary N) is 1. The van der Waals surface area contributed by atoms with Crippen LogP contribution in [-0.2, 0) is 0 Å². The van der Waals surface area contributed by atoms with Crippen molar-refractivity contribution in [3.8, 4) is 11.8 Å². The summed E-state index contributed by atoms with van der Waals surface area (Å²) in [5, 5.41) is 19.7. The number of Topliss-reactive ketones (excluding diaryl/α,β-unsaturated/α-hetero) is 1. The Morgan fingerprint density at radius 3 is 2.78 bits per heavy atom. The number of rotatable bonds is 3. The number of H-pyrrole nitrogens is 1. The van der Waals surface area contributed by atoms with Crippen LogP contribution in [-0.4, -0.2) is 15.9 Å². The number of aromatic hydroxyl groups is 1. The molecule has 0 bridgehead atoms. The lowest BCUT2D eigenvalue weighted by Gasteiger charge is -2.01. The van der Waals surface area contributed by atoms with Gasteiger partial charge in [0.25, 0.3) is 0 Å². The van der Waals surface area contributed by atoms with Crippen LogP contribution in [0, 0.1) is 11.3 Å². The summed E-state index contributed by atoms with van der Waals surface area (Å²) in [6, 6.07) is 13.8. The van der Waals surface area contributed by atoms with Gasteiger partial charge < -0.3 is 10.1 Å². The van der Waals surface area contributed by atoms with E-state index in [9.17, 15) is 15.2 Å². The number of phenolic OH excluding ortho intramolecular Hbond substituents is 1. The molecular formula is C18H11ClN2O2.